The molecule has 2 aromatic heterocycles. The fourth-order valence-corrected chi connectivity index (χ4v) is 2.46. The van der Waals surface area contributed by atoms with Crippen molar-refractivity contribution in [2.45, 2.75) is 25.6 Å². The van der Waals surface area contributed by atoms with Gasteiger partial charge in [-0.1, -0.05) is 0 Å². The number of halogens is 9. The first-order valence-electron chi connectivity index (χ1n) is 8.90. The van der Waals surface area contributed by atoms with E-state index in [1.165, 1.54) is 6.07 Å². The zero-order valence-electron chi connectivity index (χ0n) is 17.0. The Kier molecular flexibility index (Phi) is 6.95. The summed E-state index contributed by atoms with van der Waals surface area (Å²) in [5.41, 5.74) is -1.78. The summed E-state index contributed by atoms with van der Waals surface area (Å²) in [5.74, 6) is -1.52. The fourth-order valence-electron chi connectivity index (χ4n) is 2.46. The Morgan fingerprint density at radius 2 is 1.63 bits per heavy atom. The molecule has 3 aromatic rings. The summed E-state index contributed by atoms with van der Waals surface area (Å²) in [5, 5.41) is 10.4. The summed E-state index contributed by atoms with van der Waals surface area (Å²) in [6.07, 6.45) is -12.2. The molecule has 0 unspecified atom stereocenters. The molecule has 2 heterocycles. The van der Waals surface area contributed by atoms with Gasteiger partial charge in [0.1, 0.15) is 12.1 Å². The summed E-state index contributed by atoms with van der Waals surface area (Å²) in [6.45, 7) is -1.36. The molecule has 0 aliphatic heterocycles. The smallest absolute Gasteiger partial charge is 0.497 e. The first kappa shape index (κ1) is 25.8. The highest BCUT2D eigenvalue weighted by Crippen LogP contribution is 2.35. The lowest BCUT2D eigenvalue weighted by atomic mass is 10.1. The summed E-state index contributed by atoms with van der Waals surface area (Å²) in [6, 6.07) is 2.74. The predicted molar refractivity (Wildman–Crippen MR) is 96.1 cm³/mol. The van der Waals surface area contributed by atoms with Crippen molar-refractivity contribution in [1.29, 1.82) is 0 Å². The van der Waals surface area contributed by atoms with Crippen molar-refractivity contribution in [3.8, 4) is 23.0 Å². The Hall–Kier alpha value is -3.83. The predicted octanol–water partition coefficient (Wildman–Crippen LogP) is 4.58. The molecule has 0 saturated carbocycles. The fraction of sp³-hybridized carbons (Fsp3) is 0.294. The van der Waals surface area contributed by atoms with E-state index in [0.717, 1.165) is 42.5 Å². The second-order valence-electron chi connectivity index (χ2n) is 6.34. The minimum absolute atomic E-state index is 0.0832. The summed E-state index contributed by atoms with van der Waals surface area (Å²) in [4.78, 5) is 3.98. The minimum atomic E-state index is -5.24. The van der Waals surface area contributed by atoms with Crippen LogP contribution < -0.4 is 9.47 Å². The third-order valence-electron chi connectivity index (χ3n) is 3.83. The topological polar surface area (TPSA) is 89.1 Å². The number of rotatable bonds is 7. The first-order valence-corrected chi connectivity index (χ1v) is 8.90. The molecule has 0 atom stereocenters. The molecule has 0 spiro atoms. The van der Waals surface area contributed by atoms with Crippen LogP contribution in [-0.2, 0) is 17.6 Å². The molecule has 0 radical (unpaired) electrons. The van der Waals surface area contributed by atoms with Gasteiger partial charge in [-0.3, -0.25) is 4.74 Å². The van der Waals surface area contributed by atoms with Gasteiger partial charge in [-0.2, -0.15) is 18.0 Å². The molecule has 0 aliphatic carbocycles. The Balaban J connectivity index is 1.87. The van der Waals surface area contributed by atoms with Crippen LogP contribution in [-0.4, -0.2) is 49.6 Å². The van der Waals surface area contributed by atoms with Crippen LogP contribution >= 0.6 is 0 Å². The van der Waals surface area contributed by atoms with Crippen LogP contribution in [0.2, 0.25) is 0 Å². The van der Waals surface area contributed by atoms with Crippen LogP contribution in [0.15, 0.2) is 24.5 Å². The van der Waals surface area contributed by atoms with E-state index in [-0.39, 0.29) is 21.9 Å². The van der Waals surface area contributed by atoms with Gasteiger partial charge in [-0.05, 0) is 24.3 Å². The summed E-state index contributed by atoms with van der Waals surface area (Å²) in [7, 11) is 1.15. The maximum Gasteiger partial charge on any atom is 0.574 e. The van der Waals surface area contributed by atoms with Gasteiger partial charge >= 0.3 is 18.9 Å². The largest absolute Gasteiger partial charge is 0.574 e. The number of benzene rings is 1. The number of nitrogens with zero attached hydrogens (tertiary/aromatic N) is 6. The van der Waals surface area contributed by atoms with E-state index >= 15 is 0 Å². The Morgan fingerprint density at radius 1 is 0.914 bits per heavy atom. The number of hydrogen-bond donors (Lipinski definition) is 0. The van der Waals surface area contributed by atoms with E-state index in [1.807, 2.05) is 0 Å². The molecule has 0 fully saturated rings. The Labute approximate surface area is 188 Å². The molecule has 1 aromatic carbocycles. The second-order valence-corrected chi connectivity index (χ2v) is 6.34. The monoisotopic (exact) mass is 518 g/mol. The van der Waals surface area contributed by atoms with Crippen molar-refractivity contribution in [2.24, 2.45) is 0 Å². The van der Waals surface area contributed by atoms with Crippen molar-refractivity contribution in [3.63, 3.8) is 0 Å². The average Bonchev–Trinajstić information content (AvgIpc) is 3.35. The zero-order valence-corrected chi connectivity index (χ0v) is 17.0. The highest BCUT2D eigenvalue weighted by Gasteiger charge is 2.35. The number of ether oxygens (including phenoxy) is 3. The van der Waals surface area contributed by atoms with Gasteiger partial charge in [0, 0.05) is 11.8 Å². The number of aromatic nitrogens is 6. The van der Waals surface area contributed by atoms with Crippen molar-refractivity contribution >= 4 is 12.3 Å². The molecule has 190 valence electrons. The molecule has 35 heavy (non-hydrogen) atoms. The van der Waals surface area contributed by atoms with Gasteiger partial charge in [0.15, 0.2) is 18.2 Å². The van der Waals surface area contributed by atoms with Gasteiger partial charge < -0.3 is 9.47 Å². The molecular formula is C17H11F9N6O3. The third-order valence-corrected chi connectivity index (χ3v) is 3.83. The molecule has 18 heteroatoms. The molecule has 0 amide bonds. The highest BCUT2D eigenvalue weighted by atomic mass is 19.4. The standard InChI is InChI=1S/C17H11F9N6O3/c1-33-11-5-9(4-10(6-11)15(18,19)20)13-27-7-31(29-13)3-2-12-14(35-17(24,25)26)30-32(28-12)8-34-16(21,22)23/h2-7H,8H2,1H3/b3-2-. The number of methoxy groups -OCH3 is 1. The van der Waals surface area contributed by atoms with Crippen LogP contribution in [0, 0.1) is 0 Å². The summed E-state index contributed by atoms with van der Waals surface area (Å²) >= 11 is 0. The lowest BCUT2D eigenvalue weighted by molar-refractivity contribution is -0.340. The van der Waals surface area contributed by atoms with E-state index in [1.54, 1.807) is 0 Å². The van der Waals surface area contributed by atoms with Gasteiger partial charge in [0.2, 0.25) is 0 Å². The molecule has 0 bridgehead atoms. The van der Waals surface area contributed by atoms with Gasteiger partial charge in [-0.25, -0.2) is 9.67 Å². The highest BCUT2D eigenvalue weighted by molar-refractivity contribution is 5.62. The van der Waals surface area contributed by atoms with E-state index in [2.05, 4.69) is 29.8 Å². The van der Waals surface area contributed by atoms with Gasteiger partial charge in [0.25, 0.3) is 5.88 Å². The lowest BCUT2D eigenvalue weighted by Gasteiger charge is -2.10. The quantitative estimate of drug-likeness (QED) is 0.423. The maximum atomic E-state index is 13.1. The Morgan fingerprint density at radius 3 is 2.23 bits per heavy atom. The van der Waals surface area contributed by atoms with Crippen molar-refractivity contribution in [1.82, 2.24) is 29.8 Å². The molecule has 0 saturated heterocycles. The molecule has 0 N–H and O–H groups in total. The number of hydrogen-bond acceptors (Lipinski definition) is 7. The first-order chi connectivity index (χ1) is 16.1. The van der Waals surface area contributed by atoms with Crippen LogP contribution in [0.4, 0.5) is 39.5 Å². The number of alkyl halides is 9. The SMILES string of the molecule is COc1cc(-c2ncn(/C=C\c3nn(COC(F)(F)F)nc3OC(F)(F)F)n2)cc(C(F)(F)F)c1. The minimum Gasteiger partial charge on any atom is -0.497 e. The molecular weight excluding hydrogens is 507 g/mol. The average molecular weight is 518 g/mol. The zero-order chi connectivity index (χ0) is 26.0. The molecule has 0 aliphatic rings. The lowest BCUT2D eigenvalue weighted by Crippen LogP contribution is -2.19. The van der Waals surface area contributed by atoms with E-state index in [0.29, 0.717) is 0 Å². The maximum absolute atomic E-state index is 13.1. The van der Waals surface area contributed by atoms with E-state index in [4.69, 9.17) is 4.74 Å². The van der Waals surface area contributed by atoms with Crippen LogP contribution in [0.5, 0.6) is 11.6 Å². The van der Waals surface area contributed by atoms with Gasteiger partial charge in [0.05, 0.1) is 12.7 Å². The van der Waals surface area contributed by atoms with E-state index < -0.39 is 42.8 Å². The molecule has 9 nitrogen and oxygen atoms in total. The van der Waals surface area contributed by atoms with Crippen molar-refractivity contribution in [2.75, 3.05) is 7.11 Å². The van der Waals surface area contributed by atoms with Crippen molar-refractivity contribution in [3.05, 3.63) is 35.8 Å². The van der Waals surface area contributed by atoms with Crippen LogP contribution in [0.3, 0.4) is 0 Å². The summed E-state index contributed by atoms with van der Waals surface area (Å²) < 4.78 is 126. The van der Waals surface area contributed by atoms with Crippen molar-refractivity contribution < 1.29 is 53.7 Å². The van der Waals surface area contributed by atoms with Crippen LogP contribution in [0.1, 0.15) is 11.3 Å². The van der Waals surface area contributed by atoms with E-state index in [9.17, 15) is 39.5 Å². The Bertz CT molecular complexity index is 1200. The third kappa shape index (κ3) is 7.33. The normalized spacial score (nSPS) is 13.0. The van der Waals surface area contributed by atoms with Crippen LogP contribution in [0.25, 0.3) is 23.7 Å². The second kappa shape index (κ2) is 9.43. The molecule has 3 rings (SSSR count). The van der Waals surface area contributed by atoms with Gasteiger partial charge in [-0.15, -0.1) is 41.6 Å².